The van der Waals surface area contributed by atoms with Gasteiger partial charge in [-0.05, 0) is 24.3 Å². The molecule has 0 aliphatic carbocycles. The minimum absolute atomic E-state index is 0.271. The summed E-state index contributed by atoms with van der Waals surface area (Å²) in [6.07, 6.45) is -5.28. The third-order valence-corrected chi connectivity index (χ3v) is 4.25. The van der Waals surface area contributed by atoms with Gasteiger partial charge >= 0.3 is 18.1 Å². The number of halogens is 5. The Kier molecular flexibility index (Phi) is 5.78. The summed E-state index contributed by atoms with van der Waals surface area (Å²) >= 11 is 0. The van der Waals surface area contributed by atoms with Crippen LogP contribution in [0.4, 0.5) is 22.0 Å². The van der Waals surface area contributed by atoms with E-state index in [-0.39, 0.29) is 5.69 Å². The summed E-state index contributed by atoms with van der Waals surface area (Å²) in [4.78, 5) is 24.9. The fourth-order valence-corrected chi connectivity index (χ4v) is 2.94. The van der Waals surface area contributed by atoms with E-state index in [9.17, 15) is 31.5 Å². The first-order valence-corrected chi connectivity index (χ1v) is 8.51. The Morgan fingerprint density at radius 3 is 1.97 bits per heavy atom. The van der Waals surface area contributed by atoms with Crippen LogP contribution in [-0.2, 0) is 15.7 Å². The van der Waals surface area contributed by atoms with Crippen LogP contribution in [0, 0.1) is 11.6 Å². The summed E-state index contributed by atoms with van der Waals surface area (Å²) < 4.78 is 77.4. The molecule has 1 heterocycles. The van der Waals surface area contributed by atoms with Gasteiger partial charge in [-0.25, -0.2) is 23.1 Å². The molecule has 1 aromatic heterocycles. The van der Waals surface area contributed by atoms with Crippen LogP contribution in [0.5, 0.6) is 0 Å². The van der Waals surface area contributed by atoms with Crippen LogP contribution in [0.1, 0.15) is 26.4 Å². The van der Waals surface area contributed by atoms with Gasteiger partial charge in [0, 0.05) is 5.56 Å². The highest BCUT2D eigenvalue weighted by Gasteiger charge is 2.39. The molecule has 0 spiro atoms. The van der Waals surface area contributed by atoms with Crippen LogP contribution < -0.4 is 0 Å². The molecule has 2 aromatic carbocycles. The highest BCUT2D eigenvalue weighted by molar-refractivity contribution is 6.06. The van der Waals surface area contributed by atoms with Gasteiger partial charge in [-0.1, -0.05) is 18.2 Å². The van der Waals surface area contributed by atoms with Gasteiger partial charge in [0.2, 0.25) is 0 Å². The van der Waals surface area contributed by atoms with Crippen LogP contribution in [-0.4, -0.2) is 35.9 Å². The lowest BCUT2D eigenvalue weighted by molar-refractivity contribution is -0.142. The Labute approximate surface area is 171 Å². The van der Waals surface area contributed by atoms with E-state index >= 15 is 0 Å². The molecule has 0 saturated carbocycles. The molecule has 3 rings (SSSR count). The third kappa shape index (κ3) is 3.98. The first-order valence-electron chi connectivity index (χ1n) is 8.51. The summed E-state index contributed by atoms with van der Waals surface area (Å²) in [5.41, 5.74) is -3.77. The molecule has 0 atom stereocenters. The standard InChI is InChI=1S/C20H13F5N2O4/c1-30-18(28)14-16(10-8-12(21)15(13(22)9-10)20(23,24)25)26-27(17(14)19(29)31-2)11-6-4-3-5-7-11/h3-9H,1-2H3. The molecule has 6 nitrogen and oxygen atoms in total. The number of hydrogen-bond donors (Lipinski definition) is 0. The van der Waals surface area contributed by atoms with E-state index in [0.29, 0.717) is 12.1 Å². The van der Waals surface area contributed by atoms with Gasteiger partial charge in [0.1, 0.15) is 28.5 Å². The van der Waals surface area contributed by atoms with Crippen molar-refractivity contribution in [1.82, 2.24) is 9.78 Å². The van der Waals surface area contributed by atoms with Crippen molar-refractivity contribution < 1.29 is 41.0 Å². The highest BCUT2D eigenvalue weighted by Crippen LogP contribution is 2.37. The van der Waals surface area contributed by atoms with Crippen LogP contribution >= 0.6 is 0 Å². The minimum Gasteiger partial charge on any atom is -0.465 e. The van der Waals surface area contributed by atoms with Gasteiger partial charge in [0.15, 0.2) is 5.69 Å². The Hall–Kier alpha value is -3.76. The summed E-state index contributed by atoms with van der Waals surface area (Å²) in [7, 11) is 2.02. The van der Waals surface area contributed by atoms with E-state index in [2.05, 4.69) is 14.6 Å². The number of carbonyl (C=O) groups is 2. The molecule has 0 radical (unpaired) electrons. The highest BCUT2D eigenvalue weighted by atomic mass is 19.4. The average Bonchev–Trinajstić information content (AvgIpc) is 3.12. The summed E-state index contributed by atoms with van der Waals surface area (Å²) in [5.74, 6) is -5.96. The lowest BCUT2D eigenvalue weighted by Crippen LogP contribution is -2.15. The lowest BCUT2D eigenvalue weighted by Gasteiger charge is -2.11. The molecule has 162 valence electrons. The summed E-state index contributed by atoms with van der Waals surface area (Å²) in [6, 6.07) is 8.61. The molecule has 0 N–H and O–H groups in total. The zero-order valence-electron chi connectivity index (χ0n) is 16.0. The molecule has 11 heteroatoms. The van der Waals surface area contributed by atoms with Crippen molar-refractivity contribution in [2.75, 3.05) is 14.2 Å². The molecule has 0 aliphatic heterocycles. The molecule has 0 bridgehead atoms. The molecular formula is C20H13F5N2O4. The molecule has 3 aromatic rings. The molecule has 0 unspecified atom stereocenters. The SMILES string of the molecule is COC(=O)c1c(-c2cc(F)c(C(F)(F)F)c(F)c2)nn(-c2ccccc2)c1C(=O)OC. The fourth-order valence-electron chi connectivity index (χ4n) is 2.94. The van der Waals surface area contributed by atoms with Gasteiger partial charge in [-0.2, -0.15) is 18.3 Å². The van der Waals surface area contributed by atoms with Crippen molar-refractivity contribution in [3.05, 3.63) is 70.9 Å². The summed E-state index contributed by atoms with van der Waals surface area (Å²) in [6.45, 7) is 0. The van der Waals surface area contributed by atoms with Crippen molar-refractivity contribution in [2.45, 2.75) is 6.18 Å². The Morgan fingerprint density at radius 2 is 1.48 bits per heavy atom. The maximum absolute atomic E-state index is 14.2. The summed E-state index contributed by atoms with van der Waals surface area (Å²) in [5, 5.41) is 4.06. The molecule has 31 heavy (non-hydrogen) atoms. The van der Waals surface area contributed by atoms with Crippen molar-refractivity contribution in [3.63, 3.8) is 0 Å². The molecule has 0 amide bonds. The second kappa shape index (κ2) is 8.17. The van der Waals surface area contributed by atoms with Crippen LogP contribution in [0.3, 0.4) is 0 Å². The fraction of sp³-hybridized carbons (Fsp3) is 0.150. The maximum Gasteiger partial charge on any atom is 0.422 e. The van der Waals surface area contributed by atoms with Gasteiger partial charge in [0.05, 0.1) is 19.9 Å². The van der Waals surface area contributed by atoms with E-state index in [1.165, 1.54) is 12.1 Å². The number of methoxy groups -OCH3 is 2. The van der Waals surface area contributed by atoms with E-state index in [0.717, 1.165) is 18.9 Å². The molecular weight excluding hydrogens is 427 g/mol. The van der Waals surface area contributed by atoms with E-state index in [1.54, 1.807) is 18.2 Å². The average molecular weight is 440 g/mol. The van der Waals surface area contributed by atoms with Crippen molar-refractivity contribution in [3.8, 4) is 16.9 Å². The molecule has 0 aliphatic rings. The number of hydrogen-bond acceptors (Lipinski definition) is 5. The van der Waals surface area contributed by atoms with E-state index in [1.807, 2.05) is 0 Å². The van der Waals surface area contributed by atoms with E-state index < -0.39 is 57.8 Å². The number of carbonyl (C=O) groups excluding carboxylic acids is 2. The maximum atomic E-state index is 14.2. The van der Waals surface area contributed by atoms with Gasteiger partial charge in [-0.15, -0.1) is 0 Å². The predicted molar refractivity (Wildman–Crippen MR) is 96.6 cm³/mol. The Morgan fingerprint density at radius 1 is 0.935 bits per heavy atom. The second-order valence-corrected chi connectivity index (χ2v) is 6.12. The number of para-hydroxylation sites is 1. The predicted octanol–water partition coefficient (Wildman–Crippen LogP) is 4.41. The largest absolute Gasteiger partial charge is 0.465 e. The minimum atomic E-state index is -5.28. The molecule has 0 saturated heterocycles. The number of benzene rings is 2. The first-order chi connectivity index (χ1) is 14.6. The Balaban J connectivity index is 2.37. The van der Waals surface area contributed by atoms with Crippen LogP contribution in [0.25, 0.3) is 16.9 Å². The number of esters is 2. The Bertz CT molecular complexity index is 1130. The first kappa shape index (κ1) is 21.9. The third-order valence-electron chi connectivity index (χ3n) is 4.25. The van der Waals surface area contributed by atoms with Crippen molar-refractivity contribution in [1.29, 1.82) is 0 Å². The van der Waals surface area contributed by atoms with Crippen LogP contribution in [0.15, 0.2) is 42.5 Å². The quantitative estimate of drug-likeness (QED) is 0.444. The smallest absolute Gasteiger partial charge is 0.422 e. The lowest BCUT2D eigenvalue weighted by atomic mass is 10.0. The number of nitrogens with zero attached hydrogens (tertiary/aromatic N) is 2. The zero-order chi connectivity index (χ0) is 22.9. The number of alkyl halides is 3. The monoisotopic (exact) mass is 440 g/mol. The number of aromatic nitrogens is 2. The van der Waals surface area contributed by atoms with Crippen molar-refractivity contribution in [2.24, 2.45) is 0 Å². The molecule has 0 fully saturated rings. The van der Waals surface area contributed by atoms with Crippen LogP contribution in [0.2, 0.25) is 0 Å². The zero-order valence-corrected chi connectivity index (χ0v) is 16.0. The second-order valence-electron chi connectivity index (χ2n) is 6.12. The van der Waals surface area contributed by atoms with Gasteiger partial charge < -0.3 is 9.47 Å². The van der Waals surface area contributed by atoms with Crippen molar-refractivity contribution >= 4 is 11.9 Å². The van der Waals surface area contributed by atoms with Gasteiger partial charge in [-0.3, -0.25) is 0 Å². The number of rotatable bonds is 4. The topological polar surface area (TPSA) is 70.4 Å². The van der Waals surface area contributed by atoms with Gasteiger partial charge in [0.25, 0.3) is 0 Å². The van der Waals surface area contributed by atoms with E-state index in [4.69, 9.17) is 0 Å². The number of ether oxygens (including phenoxy) is 2. The normalized spacial score (nSPS) is 11.3.